The lowest BCUT2D eigenvalue weighted by Crippen LogP contribution is -1.85. The molecule has 0 radical (unpaired) electrons. The van der Waals surface area contributed by atoms with Gasteiger partial charge in [-0.25, -0.2) is 4.79 Å². The van der Waals surface area contributed by atoms with Gasteiger partial charge < -0.3 is 5.11 Å². The van der Waals surface area contributed by atoms with Crippen LogP contribution < -0.4 is 0 Å². The van der Waals surface area contributed by atoms with Gasteiger partial charge in [-0.05, 0) is 38.5 Å². The number of rotatable bonds is 14. The van der Waals surface area contributed by atoms with Crippen LogP contribution >= 0.6 is 0 Å². The van der Waals surface area contributed by atoms with E-state index in [1.54, 1.807) is 6.08 Å². The van der Waals surface area contributed by atoms with Crippen molar-refractivity contribution in [3.8, 4) is 0 Å². The maximum atomic E-state index is 10.2. The van der Waals surface area contributed by atoms with Crippen molar-refractivity contribution in [1.29, 1.82) is 0 Å². The van der Waals surface area contributed by atoms with Crippen molar-refractivity contribution < 1.29 is 9.90 Å². The minimum atomic E-state index is -0.841. The van der Waals surface area contributed by atoms with Crippen LogP contribution in [-0.2, 0) is 4.79 Å². The second-order valence-electron chi connectivity index (χ2n) is 5.41. The lowest BCUT2D eigenvalue weighted by atomic mass is 10.1. The quantitative estimate of drug-likeness (QED) is 0.245. The van der Waals surface area contributed by atoms with Crippen LogP contribution in [0, 0.1) is 0 Å². The van der Waals surface area contributed by atoms with Crippen LogP contribution in [0.2, 0.25) is 0 Å². The minimum Gasteiger partial charge on any atom is -0.478 e. The fourth-order valence-corrected chi connectivity index (χ4v) is 2.16. The fourth-order valence-electron chi connectivity index (χ4n) is 2.16. The smallest absolute Gasteiger partial charge is 0.327 e. The molecule has 0 aromatic carbocycles. The number of hydrogen-bond acceptors (Lipinski definition) is 1. The predicted molar refractivity (Wildman–Crippen MR) is 87.0 cm³/mol. The first-order chi connectivity index (χ1) is 9.77. The predicted octanol–water partition coefficient (Wildman–Crippen LogP) is 5.88. The molecule has 2 nitrogen and oxygen atoms in total. The molecular weight excluding hydrogens is 248 g/mol. The Bertz CT molecular complexity index is 267. The third-order valence-corrected chi connectivity index (χ3v) is 3.39. The number of unbranched alkanes of at least 4 members (excludes halogenated alkanes) is 10. The van der Waals surface area contributed by atoms with E-state index < -0.39 is 5.97 Å². The Labute approximate surface area is 125 Å². The Kier molecular flexibility index (Phi) is 15.2. The van der Waals surface area contributed by atoms with Crippen molar-refractivity contribution in [2.24, 2.45) is 0 Å². The molecule has 0 heterocycles. The zero-order chi connectivity index (χ0) is 14.9. The van der Waals surface area contributed by atoms with Crippen LogP contribution in [0.5, 0.6) is 0 Å². The van der Waals surface area contributed by atoms with E-state index in [9.17, 15) is 4.79 Å². The minimum absolute atomic E-state index is 0.841. The van der Waals surface area contributed by atoms with Crippen molar-refractivity contribution in [2.75, 3.05) is 0 Å². The Morgan fingerprint density at radius 1 is 0.750 bits per heavy atom. The van der Waals surface area contributed by atoms with Gasteiger partial charge in [-0.3, -0.25) is 0 Å². The first-order valence-corrected chi connectivity index (χ1v) is 8.31. The number of carboxylic acid groups (broad SMARTS) is 1. The van der Waals surface area contributed by atoms with Crippen molar-refractivity contribution in [3.63, 3.8) is 0 Å². The van der Waals surface area contributed by atoms with Gasteiger partial charge >= 0.3 is 5.97 Å². The lowest BCUT2D eigenvalue weighted by Gasteiger charge is -1.98. The Morgan fingerprint density at radius 2 is 1.20 bits per heavy atom. The second kappa shape index (κ2) is 16.0. The van der Waals surface area contributed by atoms with E-state index >= 15 is 0 Å². The van der Waals surface area contributed by atoms with Gasteiger partial charge in [0.25, 0.3) is 0 Å². The molecule has 0 unspecified atom stereocenters. The van der Waals surface area contributed by atoms with E-state index in [0.29, 0.717) is 0 Å². The van der Waals surface area contributed by atoms with Gasteiger partial charge in [0.2, 0.25) is 0 Å². The van der Waals surface area contributed by atoms with E-state index in [2.05, 4.69) is 19.1 Å². The molecule has 0 aliphatic rings. The molecule has 0 fully saturated rings. The number of carbonyl (C=O) groups is 1. The Hall–Kier alpha value is -1.05. The standard InChI is InChI=1S/C18H32O2/c1-2-3-4-5-6-7-8-9-10-11-12-13-14-15-16-17-18(19)20/h7-8,16-17H,2-6,9-15H2,1H3,(H,19,20)/b8-7-,17-16+. The SMILES string of the molecule is CCCCCC/C=C\CCCCCCC/C=C/C(=O)O. The van der Waals surface area contributed by atoms with Crippen LogP contribution in [0.25, 0.3) is 0 Å². The summed E-state index contributed by atoms with van der Waals surface area (Å²) >= 11 is 0. The van der Waals surface area contributed by atoms with Gasteiger partial charge in [0.1, 0.15) is 0 Å². The molecule has 0 spiro atoms. The molecule has 0 rings (SSSR count). The van der Waals surface area contributed by atoms with Crippen molar-refractivity contribution >= 4 is 5.97 Å². The van der Waals surface area contributed by atoms with Crippen LogP contribution in [0.4, 0.5) is 0 Å². The summed E-state index contributed by atoms with van der Waals surface area (Å²) < 4.78 is 0. The van der Waals surface area contributed by atoms with Gasteiger partial charge in [-0.2, -0.15) is 0 Å². The van der Waals surface area contributed by atoms with Gasteiger partial charge in [0.15, 0.2) is 0 Å². The lowest BCUT2D eigenvalue weighted by molar-refractivity contribution is -0.131. The molecule has 0 aliphatic heterocycles. The molecule has 1 N–H and O–H groups in total. The number of hydrogen-bond donors (Lipinski definition) is 1. The highest BCUT2D eigenvalue weighted by Gasteiger charge is 1.90. The van der Waals surface area contributed by atoms with Crippen molar-refractivity contribution in [2.45, 2.75) is 84.0 Å². The van der Waals surface area contributed by atoms with E-state index in [-0.39, 0.29) is 0 Å². The van der Waals surface area contributed by atoms with Crippen molar-refractivity contribution in [1.82, 2.24) is 0 Å². The summed E-state index contributed by atoms with van der Waals surface area (Å²) in [5.74, 6) is -0.841. The van der Waals surface area contributed by atoms with Gasteiger partial charge in [0, 0.05) is 6.08 Å². The molecule has 0 atom stereocenters. The van der Waals surface area contributed by atoms with Gasteiger partial charge in [0.05, 0.1) is 0 Å². The Morgan fingerprint density at radius 3 is 1.70 bits per heavy atom. The second-order valence-corrected chi connectivity index (χ2v) is 5.41. The first kappa shape index (κ1) is 18.9. The average molecular weight is 280 g/mol. The van der Waals surface area contributed by atoms with Crippen LogP contribution in [-0.4, -0.2) is 11.1 Å². The largest absolute Gasteiger partial charge is 0.478 e. The highest BCUT2D eigenvalue weighted by atomic mass is 16.4. The number of carboxylic acids is 1. The fraction of sp³-hybridized carbons (Fsp3) is 0.722. The third kappa shape index (κ3) is 16.9. The third-order valence-electron chi connectivity index (χ3n) is 3.39. The molecule has 0 amide bonds. The molecule has 0 aliphatic carbocycles. The molecule has 0 bridgehead atoms. The van der Waals surface area contributed by atoms with E-state index in [1.807, 2.05) is 0 Å². The molecule has 116 valence electrons. The van der Waals surface area contributed by atoms with E-state index in [1.165, 1.54) is 70.3 Å². The number of allylic oxidation sites excluding steroid dienone is 3. The molecule has 0 aromatic rings. The highest BCUT2D eigenvalue weighted by Crippen LogP contribution is 2.09. The topological polar surface area (TPSA) is 37.3 Å². The summed E-state index contributed by atoms with van der Waals surface area (Å²) in [6.45, 7) is 2.25. The van der Waals surface area contributed by atoms with Crippen LogP contribution in [0.15, 0.2) is 24.3 Å². The van der Waals surface area contributed by atoms with E-state index in [0.717, 1.165) is 12.8 Å². The summed E-state index contributed by atoms with van der Waals surface area (Å²) in [4.78, 5) is 10.2. The van der Waals surface area contributed by atoms with Crippen LogP contribution in [0.3, 0.4) is 0 Å². The van der Waals surface area contributed by atoms with Gasteiger partial charge in [-0.1, -0.05) is 63.7 Å². The Balaban J connectivity index is 3.12. The molecule has 0 saturated heterocycles. The summed E-state index contributed by atoms with van der Waals surface area (Å²) in [6, 6.07) is 0. The summed E-state index contributed by atoms with van der Waals surface area (Å²) in [5, 5.41) is 8.42. The highest BCUT2D eigenvalue weighted by molar-refractivity contribution is 5.79. The van der Waals surface area contributed by atoms with Crippen LogP contribution in [0.1, 0.15) is 84.0 Å². The molecule has 0 saturated carbocycles. The first-order valence-electron chi connectivity index (χ1n) is 8.31. The molecular formula is C18H32O2. The maximum absolute atomic E-state index is 10.2. The summed E-state index contributed by atoms with van der Waals surface area (Å²) in [7, 11) is 0. The maximum Gasteiger partial charge on any atom is 0.327 e. The zero-order valence-corrected chi connectivity index (χ0v) is 13.2. The monoisotopic (exact) mass is 280 g/mol. The summed E-state index contributed by atoms with van der Waals surface area (Å²) in [5.41, 5.74) is 0. The van der Waals surface area contributed by atoms with Crippen molar-refractivity contribution in [3.05, 3.63) is 24.3 Å². The zero-order valence-electron chi connectivity index (χ0n) is 13.2. The molecule has 0 aromatic heterocycles. The van der Waals surface area contributed by atoms with Gasteiger partial charge in [-0.15, -0.1) is 0 Å². The molecule has 20 heavy (non-hydrogen) atoms. The van der Waals surface area contributed by atoms with E-state index in [4.69, 9.17) is 5.11 Å². The molecule has 2 heteroatoms. The average Bonchev–Trinajstić information content (AvgIpc) is 2.43. The summed E-state index contributed by atoms with van der Waals surface area (Å²) in [6.07, 6.45) is 22.6. The normalized spacial score (nSPS) is 11.7. The number of aliphatic carboxylic acids is 1.